The minimum absolute atomic E-state index is 0.108. The first-order valence-corrected chi connectivity index (χ1v) is 18.5. The monoisotopic (exact) mass is 641 g/mol. The Morgan fingerprint density at radius 1 is 0.522 bits per heavy atom. The third kappa shape index (κ3) is 34.2. The molecule has 0 radical (unpaired) electrons. The van der Waals surface area contributed by atoms with E-state index in [0.717, 1.165) is 57.8 Å². The number of rotatable bonds is 32. The van der Waals surface area contributed by atoms with Gasteiger partial charge in [-0.15, -0.1) is 0 Å². The van der Waals surface area contributed by atoms with Gasteiger partial charge in [-0.2, -0.15) is 0 Å². The van der Waals surface area contributed by atoms with Crippen LogP contribution in [0.4, 0.5) is 0 Å². The summed E-state index contributed by atoms with van der Waals surface area (Å²) in [6, 6.07) is 0. The molecular formula is C41H68O5. The lowest BCUT2D eigenvalue weighted by atomic mass is 10.0. The zero-order chi connectivity index (χ0) is 33.6. The average molecular weight is 641 g/mol. The van der Waals surface area contributed by atoms with Crippen molar-refractivity contribution >= 4 is 11.9 Å². The molecule has 262 valence electrons. The van der Waals surface area contributed by atoms with E-state index in [1.54, 1.807) is 0 Å². The lowest BCUT2D eigenvalue weighted by molar-refractivity contribution is -0.161. The minimum Gasteiger partial charge on any atom is -0.462 e. The van der Waals surface area contributed by atoms with Crippen LogP contribution in [0.1, 0.15) is 155 Å². The van der Waals surface area contributed by atoms with Gasteiger partial charge in [0.2, 0.25) is 0 Å². The van der Waals surface area contributed by atoms with Gasteiger partial charge in [-0.1, -0.05) is 164 Å². The number of ether oxygens (including phenoxy) is 2. The zero-order valence-corrected chi connectivity index (χ0v) is 29.6. The first kappa shape index (κ1) is 43.3. The predicted molar refractivity (Wildman–Crippen MR) is 196 cm³/mol. The van der Waals surface area contributed by atoms with Gasteiger partial charge in [-0.3, -0.25) is 9.59 Å². The van der Waals surface area contributed by atoms with Gasteiger partial charge in [0.15, 0.2) is 6.10 Å². The second kappa shape index (κ2) is 36.8. The van der Waals surface area contributed by atoms with Crippen molar-refractivity contribution in [3.05, 3.63) is 72.9 Å². The minimum atomic E-state index is -0.802. The highest BCUT2D eigenvalue weighted by atomic mass is 16.6. The van der Waals surface area contributed by atoms with Crippen molar-refractivity contribution < 1.29 is 24.2 Å². The predicted octanol–water partition coefficient (Wildman–Crippen LogP) is 11.4. The third-order valence-electron chi connectivity index (χ3n) is 7.53. The molecule has 5 nitrogen and oxygen atoms in total. The Morgan fingerprint density at radius 2 is 0.935 bits per heavy atom. The number of unbranched alkanes of at least 4 members (excludes halogenated alkanes) is 12. The van der Waals surface area contributed by atoms with Gasteiger partial charge in [0.25, 0.3) is 0 Å². The van der Waals surface area contributed by atoms with E-state index in [4.69, 9.17) is 9.47 Å². The lowest BCUT2D eigenvalue weighted by Gasteiger charge is -2.15. The van der Waals surface area contributed by atoms with Crippen molar-refractivity contribution in [1.82, 2.24) is 0 Å². The topological polar surface area (TPSA) is 72.8 Å². The molecule has 0 saturated heterocycles. The summed E-state index contributed by atoms with van der Waals surface area (Å²) in [4.78, 5) is 24.2. The molecule has 0 aromatic heterocycles. The third-order valence-corrected chi connectivity index (χ3v) is 7.53. The van der Waals surface area contributed by atoms with E-state index in [0.29, 0.717) is 12.8 Å². The molecule has 1 N–H and O–H groups in total. The van der Waals surface area contributed by atoms with Crippen LogP contribution in [0, 0.1) is 0 Å². The molecular weight excluding hydrogens is 572 g/mol. The van der Waals surface area contributed by atoms with Crippen molar-refractivity contribution in [2.75, 3.05) is 13.2 Å². The highest BCUT2D eigenvalue weighted by Crippen LogP contribution is 2.13. The second-order valence-electron chi connectivity index (χ2n) is 11.9. The second-order valence-corrected chi connectivity index (χ2v) is 11.9. The van der Waals surface area contributed by atoms with Gasteiger partial charge < -0.3 is 14.6 Å². The first-order chi connectivity index (χ1) is 22.6. The average Bonchev–Trinajstić information content (AvgIpc) is 3.06. The first-order valence-electron chi connectivity index (χ1n) is 18.5. The van der Waals surface area contributed by atoms with Gasteiger partial charge in [-0.05, 0) is 51.4 Å². The largest absolute Gasteiger partial charge is 0.462 e. The fourth-order valence-electron chi connectivity index (χ4n) is 4.75. The van der Waals surface area contributed by atoms with Crippen LogP contribution in [0.15, 0.2) is 72.9 Å². The fraction of sp³-hybridized carbons (Fsp3) is 0.659. The smallest absolute Gasteiger partial charge is 0.306 e. The van der Waals surface area contributed by atoms with Crippen LogP contribution >= 0.6 is 0 Å². The van der Waals surface area contributed by atoms with Crippen LogP contribution in [0.2, 0.25) is 0 Å². The molecule has 0 fully saturated rings. The fourth-order valence-corrected chi connectivity index (χ4v) is 4.75. The number of carbonyl (C=O) groups is 2. The van der Waals surface area contributed by atoms with Crippen molar-refractivity contribution in [3.8, 4) is 0 Å². The molecule has 0 aliphatic heterocycles. The Labute approximate surface area is 283 Å². The number of hydrogen-bond acceptors (Lipinski definition) is 5. The maximum Gasteiger partial charge on any atom is 0.306 e. The molecule has 0 saturated carbocycles. The number of carbonyl (C=O) groups excluding carboxylic acids is 2. The molecule has 1 atom stereocenters. The van der Waals surface area contributed by atoms with E-state index in [9.17, 15) is 14.7 Å². The van der Waals surface area contributed by atoms with E-state index in [1.165, 1.54) is 64.2 Å². The molecule has 0 bridgehead atoms. The Morgan fingerprint density at radius 3 is 1.37 bits per heavy atom. The van der Waals surface area contributed by atoms with E-state index in [2.05, 4.69) is 74.6 Å². The van der Waals surface area contributed by atoms with Crippen molar-refractivity contribution in [2.45, 2.75) is 161 Å². The normalized spacial score (nSPS) is 13.0. The molecule has 0 aromatic carbocycles. The number of hydrogen-bond donors (Lipinski definition) is 1. The van der Waals surface area contributed by atoms with Gasteiger partial charge in [-0.25, -0.2) is 0 Å². The molecule has 0 unspecified atom stereocenters. The summed E-state index contributed by atoms with van der Waals surface area (Å²) < 4.78 is 10.5. The van der Waals surface area contributed by atoms with Crippen molar-refractivity contribution in [3.63, 3.8) is 0 Å². The van der Waals surface area contributed by atoms with E-state index in [-0.39, 0.29) is 31.6 Å². The number of esters is 2. The van der Waals surface area contributed by atoms with Gasteiger partial charge in [0.1, 0.15) is 6.61 Å². The van der Waals surface area contributed by atoms with Crippen LogP contribution in [-0.4, -0.2) is 36.4 Å². The maximum atomic E-state index is 12.1. The number of aliphatic hydroxyl groups is 1. The van der Waals surface area contributed by atoms with Gasteiger partial charge in [0, 0.05) is 12.8 Å². The summed E-state index contributed by atoms with van der Waals surface area (Å²) in [6.45, 7) is 3.94. The Balaban J connectivity index is 3.73. The SMILES string of the molecule is CCC=CCC=CCC=CCC=CCC=CCC=CCCC(=O)OC[C@H](CO)OC(=O)CCCCCCCCCCCCCCC. The van der Waals surface area contributed by atoms with Gasteiger partial charge in [0.05, 0.1) is 6.61 Å². The summed E-state index contributed by atoms with van der Waals surface area (Å²) in [5.41, 5.74) is 0. The molecule has 0 rings (SSSR count). The Bertz CT molecular complexity index is 864. The molecule has 0 aliphatic rings. The number of allylic oxidation sites excluding steroid dienone is 12. The number of aliphatic hydroxyl groups excluding tert-OH is 1. The highest BCUT2D eigenvalue weighted by Gasteiger charge is 2.15. The van der Waals surface area contributed by atoms with Crippen LogP contribution in [0.25, 0.3) is 0 Å². The summed E-state index contributed by atoms with van der Waals surface area (Å²) >= 11 is 0. The molecule has 0 amide bonds. The summed E-state index contributed by atoms with van der Waals surface area (Å²) in [6.07, 6.45) is 48.2. The summed E-state index contributed by atoms with van der Waals surface area (Å²) in [5.74, 6) is -0.693. The molecule has 0 aliphatic carbocycles. The molecule has 0 aromatic rings. The molecule has 46 heavy (non-hydrogen) atoms. The van der Waals surface area contributed by atoms with Crippen molar-refractivity contribution in [1.29, 1.82) is 0 Å². The van der Waals surface area contributed by atoms with Crippen molar-refractivity contribution in [2.24, 2.45) is 0 Å². The van der Waals surface area contributed by atoms with E-state index in [1.807, 2.05) is 12.2 Å². The van der Waals surface area contributed by atoms with Crippen LogP contribution in [0.5, 0.6) is 0 Å². The van der Waals surface area contributed by atoms with E-state index < -0.39 is 6.10 Å². The van der Waals surface area contributed by atoms with Crippen LogP contribution in [-0.2, 0) is 19.1 Å². The zero-order valence-electron chi connectivity index (χ0n) is 29.6. The van der Waals surface area contributed by atoms with Gasteiger partial charge >= 0.3 is 11.9 Å². The van der Waals surface area contributed by atoms with Crippen LogP contribution in [0.3, 0.4) is 0 Å². The standard InChI is InChI=1S/C41H68O5/c1-3-5-7-9-11-13-15-17-18-19-20-21-22-24-25-27-29-31-33-35-40(43)45-38-39(37-42)46-41(44)36-34-32-30-28-26-23-16-14-12-10-8-6-4-2/h5,7,11,13,17-18,20-21,24-25,29,31,39,42H,3-4,6,8-10,12,14-16,19,22-23,26-28,30,32-38H2,1-2H3/t39-/m0/s1. The summed E-state index contributed by atoms with van der Waals surface area (Å²) in [5, 5.41) is 9.52. The van der Waals surface area contributed by atoms with Crippen LogP contribution < -0.4 is 0 Å². The maximum absolute atomic E-state index is 12.1. The lowest BCUT2D eigenvalue weighted by Crippen LogP contribution is -2.28. The Hall–Kier alpha value is -2.66. The molecule has 0 heterocycles. The van der Waals surface area contributed by atoms with E-state index >= 15 is 0 Å². The Kier molecular flexibility index (Phi) is 34.7. The quantitative estimate of drug-likeness (QED) is 0.0450. The summed E-state index contributed by atoms with van der Waals surface area (Å²) in [7, 11) is 0. The molecule has 5 heteroatoms. The molecule has 0 spiro atoms. The highest BCUT2D eigenvalue weighted by molar-refractivity contribution is 5.70.